The summed E-state index contributed by atoms with van der Waals surface area (Å²) in [5.41, 5.74) is 1.33. The molecule has 1 aromatic heterocycles. The Hall–Kier alpha value is -1.56. The van der Waals surface area contributed by atoms with Crippen LogP contribution in [0.1, 0.15) is 56.6 Å². The Labute approximate surface area is 138 Å². The first-order chi connectivity index (χ1) is 11.1. The van der Waals surface area contributed by atoms with E-state index in [1.807, 2.05) is 13.1 Å². The molecule has 0 atom stereocenters. The summed E-state index contributed by atoms with van der Waals surface area (Å²) in [4.78, 5) is 12.2. The smallest absolute Gasteiger partial charge is 0.320 e. The van der Waals surface area contributed by atoms with Crippen LogP contribution in [0.2, 0.25) is 0 Å². The molecule has 0 aliphatic heterocycles. The third-order valence-corrected chi connectivity index (χ3v) is 5.54. The molecule has 3 rings (SSSR count). The number of methoxy groups -OCH3 is 1. The molecule has 6 heteroatoms. The largest absolute Gasteiger partial charge is 0.385 e. The number of hydrogen-bond acceptors (Lipinski definition) is 3. The standard InChI is InChI=1S/C17H28N4O2/c1-21-15(11-14(20-21)13-5-3-6-13)19-16(22)18-12-17(7-4-8-17)9-10-23-2/h11,13H,3-10,12H2,1-2H3,(H2,18,19,22). The molecule has 0 bridgehead atoms. The molecule has 1 heterocycles. The van der Waals surface area contributed by atoms with Gasteiger partial charge in [0.25, 0.3) is 0 Å². The zero-order valence-corrected chi connectivity index (χ0v) is 14.2. The zero-order chi connectivity index (χ0) is 16.3. The summed E-state index contributed by atoms with van der Waals surface area (Å²) in [5.74, 6) is 1.34. The molecule has 2 fully saturated rings. The minimum atomic E-state index is -0.142. The second kappa shape index (κ2) is 6.91. The van der Waals surface area contributed by atoms with Gasteiger partial charge in [-0.2, -0.15) is 5.10 Å². The summed E-state index contributed by atoms with van der Waals surface area (Å²) >= 11 is 0. The molecular weight excluding hydrogens is 292 g/mol. The number of rotatable bonds is 7. The minimum absolute atomic E-state index is 0.142. The van der Waals surface area contributed by atoms with Crippen LogP contribution in [0.25, 0.3) is 0 Å². The predicted octanol–water partition coefficient (Wildman–Crippen LogP) is 3.02. The van der Waals surface area contributed by atoms with Crippen molar-refractivity contribution >= 4 is 11.8 Å². The van der Waals surface area contributed by atoms with Gasteiger partial charge in [0, 0.05) is 39.3 Å². The average molecular weight is 320 g/mol. The summed E-state index contributed by atoms with van der Waals surface area (Å²) in [6, 6.07) is 1.87. The van der Waals surface area contributed by atoms with Crippen molar-refractivity contribution in [1.82, 2.24) is 15.1 Å². The Morgan fingerprint density at radius 3 is 2.78 bits per heavy atom. The Morgan fingerprint density at radius 1 is 1.43 bits per heavy atom. The minimum Gasteiger partial charge on any atom is -0.385 e. The summed E-state index contributed by atoms with van der Waals surface area (Å²) in [5, 5.41) is 10.5. The molecule has 2 aliphatic rings. The Kier molecular flexibility index (Phi) is 4.90. The van der Waals surface area contributed by atoms with Gasteiger partial charge in [0.2, 0.25) is 0 Å². The van der Waals surface area contributed by atoms with Gasteiger partial charge in [-0.25, -0.2) is 4.79 Å². The number of urea groups is 1. The van der Waals surface area contributed by atoms with Gasteiger partial charge >= 0.3 is 6.03 Å². The molecule has 0 aromatic carbocycles. The van der Waals surface area contributed by atoms with Crippen LogP contribution < -0.4 is 10.6 Å². The lowest BCUT2D eigenvalue weighted by molar-refractivity contribution is 0.0717. The average Bonchev–Trinajstić information content (AvgIpc) is 2.76. The third kappa shape index (κ3) is 3.68. The molecule has 0 spiro atoms. The molecule has 6 nitrogen and oxygen atoms in total. The molecule has 2 aliphatic carbocycles. The highest BCUT2D eigenvalue weighted by molar-refractivity contribution is 5.88. The lowest BCUT2D eigenvalue weighted by Gasteiger charge is -2.42. The molecule has 23 heavy (non-hydrogen) atoms. The van der Waals surface area contributed by atoms with Crippen molar-refractivity contribution in [1.29, 1.82) is 0 Å². The van der Waals surface area contributed by atoms with Crippen LogP contribution in [-0.2, 0) is 11.8 Å². The molecule has 1 aromatic rings. The number of aromatic nitrogens is 2. The first-order valence-electron chi connectivity index (χ1n) is 8.70. The van der Waals surface area contributed by atoms with Crippen molar-refractivity contribution in [2.75, 3.05) is 25.6 Å². The van der Waals surface area contributed by atoms with Crippen LogP contribution in [0.15, 0.2) is 6.07 Å². The van der Waals surface area contributed by atoms with Gasteiger partial charge in [-0.05, 0) is 37.5 Å². The maximum absolute atomic E-state index is 12.2. The number of anilines is 1. The van der Waals surface area contributed by atoms with Crippen molar-refractivity contribution in [3.05, 3.63) is 11.8 Å². The van der Waals surface area contributed by atoms with E-state index in [0.717, 1.165) is 31.1 Å². The van der Waals surface area contributed by atoms with Gasteiger partial charge in [0.05, 0.1) is 5.69 Å². The summed E-state index contributed by atoms with van der Waals surface area (Å²) < 4.78 is 6.95. The number of carbonyl (C=O) groups excluding carboxylic acids is 1. The molecule has 2 amide bonds. The van der Waals surface area contributed by atoms with Gasteiger partial charge in [0.1, 0.15) is 5.82 Å². The number of carbonyl (C=O) groups is 1. The number of ether oxygens (including phenoxy) is 1. The second-order valence-corrected chi connectivity index (χ2v) is 7.11. The molecule has 0 radical (unpaired) electrons. The quantitative estimate of drug-likeness (QED) is 0.811. The first-order valence-corrected chi connectivity index (χ1v) is 8.70. The maximum atomic E-state index is 12.2. The number of aryl methyl sites for hydroxylation is 1. The molecule has 2 saturated carbocycles. The molecular formula is C17H28N4O2. The van der Waals surface area contributed by atoms with Crippen LogP contribution in [0.4, 0.5) is 10.6 Å². The van der Waals surface area contributed by atoms with Gasteiger partial charge in [0.15, 0.2) is 0 Å². The third-order valence-electron chi connectivity index (χ3n) is 5.54. The zero-order valence-electron chi connectivity index (χ0n) is 14.2. The summed E-state index contributed by atoms with van der Waals surface area (Å²) in [6.45, 7) is 1.48. The van der Waals surface area contributed by atoms with Gasteiger partial charge in [-0.3, -0.25) is 10.00 Å². The monoisotopic (exact) mass is 320 g/mol. The first kappa shape index (κ1) is 16.3. The van der Waals surface area contributed by atoms with Crippen LogP contribution in [-0.4, -0.2) is 36.1 Å². The number of nitrogens with zero attached hydrogens (tertiary/aromatic N) is 2. The lowest BCUT2D eigenvalue weighted by Crippen LogP contribution is -2.44. The van der Waals surface area contributed by atoms with Crippen molar-refractivity contribution in [2.24, 2.45) is 12.5 Å². The highest BCUT2D eigenvalue weighted by Gasteiger charge is 2.36. The lowest BCUT2D eigenvalue weighted by atomic mass is 9.67. The fourth-order valence-electron chi connectivity index (χ4n) is 3.45. The topological polar surface area (TPSA) is 68.2 Å². The van der Waals surface area contributed by atoms with Crippen LogP contribution in [0.3, 0.4) is 0 Å². The summed E-state index contributed by atoms with van der Waals surface area (Å²) in [7, 11) is 3.61. The summed E-state index contributed by atoms with van der Waals surface area (Å²) in [6.07, 6.45) is 8.33. The van der Waals surface area contributed by atoms with E-state index in [4.69, 9.17) is 4.74 Å². The van der Waals surface area contributed by atoms with E-state index in [1.165, 1.54) is 38.5 Å². The fraction of sp³-hybridized carbons (Fsp3) is 0.765. The van der Waals surface area contributed by atoms with Gasteiger partial charge in [-0.15, -0.1) is 0 Å². The van der Waals surface area contributed by atoms with E-state index in [-0.39, 0.29) is 11.4 Å². The van der Waals surface area contributed by atoms with Crippen molar-refractivity contribution in [2.45, 2.75) is 50.9 Å². The van der Waals surface area contributed by atoms with Crippen molar-refractivity contribution in [3.63, 3.8) is 0 Å². The Bertz CT molecular complexity index is 547. The highest BCUT2D eigenvalue weighted by atomic mass is 16.5. The van der Waals surface area contributed by atoms with Gasteiger partial charge in [-0.1, -0.05) is 12.8 Å². The fourth-order valence-corrected chi connectivity index (χ4v) is 3.45. The van der Waals surface area contributed by atoms with E-state index in [1.54, 1.807) is 11.8 Å². The highest BCUT2D eigenvalue weighted by Crippen LogP contribution is 2.43. The maximum Gasteiger partial charge on any atom is 0.320 e. The van der Waals surface area contributed by atoms with E-state index >= 15 is 0 Å². The Balaban J connectivity index is 1.50. The Morgan fingerprint density at radius 2 is 2.22 bits per heavy atom. The van der Waals surface area contributed by atoms with Crippen LogP contribution in [0, 0.1) is 5.41 Å². The van der Waals surface area contributed by atoms with Crippen LogP contribution >= 0.6 is 0 Å². The number of amides is 2. The van der Waals surface area contributed by atoms with E-state index in [2.05, 4.69) is 15.7 Å². The van der Waals surface area contributed by atoms with Gasteiger partial charge < -0.3 is 10.1 Å². The van der Waals surface area contributed by atoms with Crippen LogP contribution in [0.5, 0.6) is 0 Å². The van der Waals surface area contributed by atoms with E-state index in [9.17, 15) is 4.79 Å². The molecule has 2 N–H and O–H groups in total. The predicted molar refractivity (Wildman–Crippen MR) is 89.6 cm³/mol. The normalized spacial score (nSPS) is 19.7. The van der Waals surface area contributed by atoms with Crippen molar-refractivity contribution in [3.8, 4) is 0 Å². The molecule has 128 valence electrons. The van der Waals surface area contributed by atoms with E-state index < -0.39 is 0 Å². The molecule has 0 saturated heterocycles. The van der Waals surface area contributed by atoms with E-state index in [0.29, 0.717) is 5.92 Å². The number of hydrogen-bond donors (Lipinski definition) is 2. The SMILES string of the molecule is COCCC1(CNC(=O)Nc2cc(C3CCC3)nn2C)CCC1. The molecule has 0 unspecified atom stereocenters. The number of nitrogens with one attached hydrogen (secondary N) is 2. The van der Waals surface area contributed by atoms with Crippen molar-refractivity contribution < 1.29 is 9.53 Å². The second-order valence-electron chi connectivity index (χ2n) is 7.11.